The van der Waals surface area contributed by atoms with E-state index in [1.165, 1.54) is 5.01 Å². The van der Waals surface area contributed by atoms with E-state index in [0.29, 0.717) is 6.61 Å². The topological polar surface area (TPSA) is 34.1 Å². The van der Waals surface area contributed by atoms with Crippen molar-refractivity contribution in [2.45, 2.75) is 26.4 Å². The first-order valence-electron chi connectivity index (χ1n) is 6.15. The predicted octanol–water partition coefficient (Wildman–Crippen LogP) is 3.72. The normalized spacial score (nSPS) is 10.3. The first kappa shape index (κ1) is 12.9. The van der Waals surface area contributed by atoms with Crippen LogP contribution in [0.15, 0.2) is 29.6 Å². The molecule has 2 aromatic rings. The molecule has 0 aliphatic rings. The molecular formula is C14H18N2OS. The van der Waals surface area contributed by atoms with Crippen molar-refractivity contribution < 1.29 is 4.74 Å². The molecule has 3 nitrogen and oxygen atoms in total. The van der Waals surface area contributed by atoms with Gasteiger partial charge >= 0.3 is 0 Å². The Hall–Kier alpha value is -1.55. The molecule has 0 spiro atoms. The Morgan fingerprint density at radius 1 is 1.28 bits per heavy atom. The standard InChI is InChI=1S/C14H18N2OS/c1-3-4-14-16-12(10-18-14)9-17-13-7-5-11(15-2)6-8-13/h5-8,10,15H,3-4,9H2,1-2H3. The van der Waals surface area contributed by atoms with Crippen molar-refractivity contribution in [1.29, 1.82) is 0 Å². The maximum atomic E-state index is 5.70. The minimum atomic E-state index is 0.541. The van der Waals surface area contributed by atoms with Crippen molar-refractivity contribution in [3.8, 4) is 5.75 Å². The molecule has 1 aromatic carbocycles. The number of aromatic nitrogens is 1. The third-order valence-electron chi connectivity index (χ3n) is 2.59. The van der Waals surface area contributed by atoms with E-state index in [0.717, 1.165) is 30.0 Å². The highest BCUT2D eigenvalue weighted by Crippen LogP contribution is 2.18. The largest absolute Gasteiger partial charge is 0.487 e. The molecule has 0 saturated heterocycles. The summed E-state index contributed by atoms with van der Waals surface area (Å²) in [6, 6.07) is 7.92. The average molecular weight is 262 g/mol. The molecule has 96 valence electrons. The van der Waals surface area contributed by atoms with Crippen LogP contribution in [-0.4, -0.2) is 12.0 Å². The highest BCUT2D eigenvalue weighted by atomic mass is 32.1. The van der Waals surface area contributed by atoms with E-state index in [1.807, 2.05) is 31.3 Å². The van der Waals surface area contributed by atoms with Gasteiger partial charge in [-0.15, -0.1) is 11.3 Å². The van der Waals surface area contributed by atoms with Crippen LogP contribution in [-0.2, 0) is 13.0 Å². The summed E-state index contributed by atoms with van der Waals surface area (Å²) in [5, 5.41) is 6.35. The number of ether oxygens (including phenoxy) is 1. The molecule has 0 aliphatic carbocycles. The van der Waals surface area contributed by atoms with Crippen LogP contribution in [0.4, 0.5) is 5.69 Å². The summed E-state index contributed by atoms with van der Waals surface area (Å²) in [6.45, 7) is 2.71. The van der Waals surface area contributed by atoms with Crippen molar-refractivity contribution >= 4 is 17.0 Å². The van der Waals surface area contributed by atoms with Gasteiger partial charge in [0.15, 0.2) is 0 Å². The van der Waals surface area contributed by atoms with E-state index in [2.05, 4.69) is 22.6 Å². The lowest BCUT2D eigenvalue weighted by Crippen LogP contribution is -1.96. The van der Waals surface area contributed by atoms with E-state index in [9.17, 15) is 0 Å². The number of hydrogen-bond donors (Lipinski definition) is 1. The molecular weight excluding hydrogens is 244 g/mol. The number of nitrogens with one attached hydrogen (secondary N) is 1. The van der Waals surface area contributed by atoms with Crippen molar-refractivity contribution in [3.63, 3.8) is 0 Å². The van der Waals surface area contributed by atoms with Crippen LogP contribution in [0.5, 0.6) is 5.75 Å². The maximum Gasteiger partial charge on any atom is 0.131 e. The summed E-state index contributed by atoms with van der Waals surface area (Å²) in [5.74, 6) is 0.874. The molecule has 1 aromatic heterocycles. The van der Waals surface area contributed by atoms with Crippen LogP contribution in [0.1, 0.15) is 24.0 Å². The summed E-state index contributed by atoms with van der Waals surface area (Å²) in [6.07, 6.45) is 2.20. The Morgan fingerprint density at radius 3 is 2.72 bits per heavy atom. The number of nitrogens with zero attached hydrogens (tertiary/aromatic N) is 1. The molecule has 0 atom stereocenters. The van der Waals surface area contributed by atoms with E-state index in [1.54, 1.807) is 11.3 Å². The summed E-state index contributed by atoms with van der Waals surface area (Å²) >= 11 is 1.71. The molecule has 0 unspecified atom stereocenters. The fourth-order valence-electron chi connectivity index (χ4n) is 1.62. The molecule has 0 saturated carbocycles. The lowest BCUT2D eigenvalue weighted by Gasteiger charge is -2.05. The average Bonchev–Trinajstić information content (AvgIpc) is 2.85. The Bertz CT molecular complexity index is 479. The second-order valence-corrected chi connectivity index (χ2v) is 4.99. The molecule has 1 N–H and O–H groups in total. The van der Waals surface area contributed by atoms with E-state index in [4.69, 9.17) is 4.74 Å². The summed E-state index contributed by atoms with van der Waals surface area (Å²) < 4.78 is 5.70. The van der Waals surface area contributed by atoms with Crippen molar-refractivity contribution in [1.82, 2.24) is 4.98 Å². The second-order valence-electron chi connectivity index (χ2n) is 4.05. The third kappa shape index (κ3) is 3.47. The molecule has 0 bridgehead atoms. The summed E-state index contributed by atoms with van der Waals surface area (Å²) in [4.78, 5) is 4.53. The monoisotopic (exact) mass is 262 g/mol. The predicted molar refractivity (Wildman–Crippen MR) is 76.4 cm³/mol. The van der Waals surface area contributed by atoms with Crippen LogP contribution in [0, 0.1) is 0 Å². The SMILES string of the molecule is CCCc1nc(COc2ccc(NC)cc2)cs1. The first-order valence-corrected chi connectivity index (χ1v) is 7.03. The molecule has 4 heteroatoms. The van der Waals surface area contributed by atoms with Gasteiger partial charge in [0.2, 0.25) is 0 Å². The Kier molecular flexibility index (Phi) is 4.59. The van der Waals surface area contributed by atoms with Crippen molar-refractivity contribution in [3.05, 3.63) is 40.3 Å². The van der Waals surface area contributed by atoms with Crippen molar-refractivity contribution in [2.75, 3.05) is 12.4 Å². The van der Waals surface area contributed by atoms with Gasteiger partial charge in [-0.1, -0.05) is 6.92 Å². The van der Waals surface area contributed by atoms with Crippen LogP contribution >= 0.6 is 11.3 Å². The van der Waals surface area contributed by atoms with Crippen LogP contribution < -0.4 is 10.1 Å². The summed E-state index contributed by atoms with van der Waals surface area (Å²) in [7, 11) is 1.90. The molecule has 0 amide bonds. The zero-order valence-electron chi connectivity index (χ0n) is 10.8. The highest BCUT2D eigenvalue weighted by Gasteiger charge is 2.02. The highest BCUT2D eigenvalue weighted by molar-refractivity contribution is 7.09. The molecule has 18 heavy (non-hydrogen) atoms. The maximum absolute atomic E-state index is 5.70. The fourth-order valence-corrected chi connectivity index (χ4v) is 2.50. The van der Waals surface area contributed by atoms with Gasteiger partial charge < -0.3 is 10.1 Å². The van der Waals surface area contributed by atoms with Gasteiger partial charge in [-0.25, -0.2) is 4.98 Å². The van der Waals surface area contributed by atoms with Gasteiger partial charge in [0.25, 0.3) is 0 Å². The number of rotatable bonds is 6. The van der Waals surface area contributed by atoms with E-state index in [-0.39, 0.29) is 0 Å². The Morgan fingerprint density at radius 2 is 2.06 bits per heavy atom. The molecule has 2 rings (SSSR count). The molecule has 0 radical (unpaired) electrons. The number of thiazole rings is 1. The first-order chi connectivity index (χ1) is 8.81. The van der Waals surface area contributed by atoms with Crippen molar-refractivity contribution in [2.24, 2.45) is 0 Å². The van der Waals surface area contributed by atoms with Gasteiger partial charge in [-0.05, 0) is 37.1 Å². The van der Waals surface area contributed by atoms with Gasteiger partial charge in [0.1, 0.15) is 12.4 Å². The van der Waals surface area contributed by atoms with Gasteiger partial charge in [0, 0.05) is 18.1 Å². The van der Waals surface area contributed by atoms with Gasteiger partial charge in [0.05, 0.1) is 10.7 Å². The lowest BCUT2D eigenvalue weighted by atomic mass is 10.3. The quantitative estimate of drug-likeness (QED) is 0.861. The molecule has 0 aliphatic heterocycles. The number of anilines is 1. The number of benzene rings is 1. The zero-order valence-corrected chi connectivity index (χ0v) is 11.6. The third-order valence-corrected chi connectivity index (χ3v) is 3.55. The van der Waals surface area contributed by atoms with Gasteiger partial charge in [-0.2, -0.15) is 0 Å². The number of aryl methyl sites for hydroxylation is 1. The second kappa shape index (κ2) is 6.40. The van der Waals surface area contributed by atoms with Crippen LogP contribution in [0.3, 0.4) is 0 Å². The Labute approximate surface area is 112 Å². The lowest BCUT2D eigenvalue weighted by molar-refractivity contribution is 0.302. The van der Waals surface area contributed by atoms with Crippen LogP contribution in [0.25, 0.3) is 0 Å². The van der Waals surface area contributed by atoms with E-state index < -0.39 is 0 Å². The molecule has 0 fully saturated rings. The summed E-state index contributed by atoms with van der Waals surface area (Å²) in [5.41, 5.74) is 2.10. The zero-order chi connectivity index (χ0) is 12.8. The van der Waals surface area contributed by atoms with Gasteiger partial charge in [-0.3, -0.25) is 0 Å². The minimum Gasteiger partial charge on any atom is -0.487 e. The molecule has 1 heterocycles. The fraction of sp³-hybridized carbons (Fsp3) is 0.357. The Balaban J connectivity index is 1.89. The number of hydrogen-bond acceptors (Lipinski definition) is 4. The minimum absolute atomic E-state index is 0.541. The smallest absolute Gasteiger partial charge is 0.131 e. The van der Waals surface area contributed by atoms with Crippen LogP contribution in [0.2, 0.25) is 0 Å². The van der Waals surface area contributed by atoms with E-state index >= 15 is 0 Å².